The summed E-state index contributed by atoms with van der Waals surface area (Å²) >= 11 is 0. The Labute approximate surface area is 68.2 Å². The third-order valence-electron chi connectivity index (χ3n) is 1.09. The third kappa shape index (κ3) is 9.08. The molecule has 0 aliphatic heterocycles. The number of hydrogen-bond acceptors (Lipinski definition) is 3. The smallest absolute Gasteiger partial charge is 0.0942 e. The van der Waals surface area contributed by atoms with Crippen molar-refractivity contribution in [1.82, 2.24) is 4.90 Å². The molecule has 0 heterocycles. The molecule has 3 heteroatoms. The lowest BCUT2D eigenvalue weighted by Gasteiger charge is -2.05. The van der Waals surface area contributed by atoms with E-state index in [1.54, 1.807) is 0 Å². The Morgan fingerprint density at radius 1 is 1.55 bits per heavy atom. The maximum absolute atomic E-state index is 3.92. The van der Waals surface area contributed by atoms with Crippen LogP contribution in [-0.2, 0) is 0 Å². The Morgan fingerprint density at radius 3 is 2.82 bits per heavy atom. The van der Waals surface area contributed by atoms with E-state index in [4.69, 9.17) is 0 Å². The van der Waals surface area contributed by atoms with Crippen molar-refractivity contribution in [3.8, 4) is 0 Å². The molecule has 0 atom stereocenters. The van der Waals surface area contributed by atoms with E-state index >= 15 is 0 Å². The molecule has 0 aromatic rings. The standard InChI is InChI=1S/C8H15N3/c1-4-9-8-10-6-5-7-11(2)3/h4H,1,5-7H2,2-3H3. The van der Waals surface area contributed by atoms with E-state index in [1.165, 1.54) is 6.20 Å². The zero-order valence-corrected chi connectivity index (χ0v) is 7.25. The van der Waals surface area contributed by atoms with Crippen LogP contribution in [0.25, 0.3) is 0 Å². The summed E-state index contributed by atoms with van der Waals surface area (Å²) in [4.78, 5) is 9.67. The van der Waals surface area contributed by atoms with E-state index in [1.807, 2.05) is 14.1 Å². The summed E-state index contributed by atoms with van der Waals surface area (Å²) in [7, 11) is 4.09. The van der Waals surface area contributed by atoms with Crippen molar-refractivity contribution in [1.29, 1.82) is 0 Å². The molecule has 0 bridgehead atoms. The number of hydrogen-bond donors (Lipinski definition) is 0. The van der Waals surface area contributed by atoms with Gasteiger partial charge < -0.3 is 4.90 Å². The number of aliphatic imine (C=N–C) groups is 2. The second-order valence-electron chi connectivity index (χ2n) is 2.45. The largest absolute Gasteiger partial charge is 0.309 e. The van der Waals surface area contributed by atoms with Gasteiger partial charge >= 0.3 is 0 Å². The van der Waals surface area contributed by atoms with Crippen LogP contribution in [0, 0.1) is 0 Å². The second-order valence-corrected chi connectivity index (χ2v) is 2.45. The fourth-order valence-corrected chi connectivity index (χ4v) is 0.598. The fraction of sp³-hybridized carbons (Fsp3) is 0.625. The molecule has 0 saturated heterocycles. The van der Waals surface area contributed by atoms with Crippen LogP contribution in [0.2, 0.25) is 0 Å². The summed E-state index contributed by atoms with van der Waals surface area (Å²) in [5.74, 6) is 0. The van der Waals surface area contributed by atoms with Gasteiger partial charge in [0, 0.05) is 6.20 Å². The summed E-state index contributed by atoms with van der Waals surface area (Å²) in [5.41, 5.74) is 0. The maximum Gasteiger partial charge on any atom is 0.0942 e. The average Bonchev–Trinajstić information content (AvgIpc) is 1.96. The molecule has 0 spiro atoms. The van der Waals surface area contributed by atoms with Crippen LogP contribution in [-0.4, -0.2) is 38.1 Å². The van der Waals surface area contributed by atoms with Crippen LogP contribution < -0.4 is 0 Å². The zero-order valence-electron chi connectivity index (χ0n) is 7.25. The van der Waals surface area contributed by atoms with E-state index < -0.39 is 0 Å². The van der Waals surface area contributed by atoms with Gasteiger partial charge in [0.15, 0.2) is 0 Å². The molecule has 0 aliphatic rings. The van der Waals surface area contributed by atoms with Gasteiger partial charge in [0.2, 0.25) is 0 Å². The van der Waals surface area contributed by atoms with Crippen molar-refractivity contribution in [2.24, 2.45) is 9.98 Å². The van der Waals surface area contributed by atoms with Crippen molar-refractivity contribution in [2.75, 3.05) is 27.2 Å². The van der Waals surface area contributed by atoms with Crippen molar-refractivity contribution in [2.45, 2.75) is 6.42 Å². The minimum atomic E-state index is 0.787. The van der Waals surface area contributed by atoms with Crippen molar-refractivity contribution in [3.63, 3.8) is 0 Å². The number of nitrogens with zero attached hydrogens (tertiary/aromatic N) is 3. The van der Waals surface area contributed by atoms with Gasteiger partial charge in [0.05, 0.1) is 12.6 Å². The van der Waals surface area contributed by atoms with E-state index in [-0.39, 0.29) is 0 Å². The molecule has 0 aromatic heterocycles. The van der Waals surface area contributed by atoms with E-state index in [2.05, 4.69) is 27.5 Å². The molecule has 0 aromatic carbocycles. The Morgan fingerprint density at radius 2 is 2.27 bits per heavy atom. The first-order valence-corrected chi connectivity index (χ1v) is 3.64. The SMILES string of the molecule is C=CN=C=NCCCN(C)C. The first-order chi connectivity index (χ1) is 5.27. The first-order valence-electron chi connectivity index (χ1n) is 3.64. The van der Waals surface area contributed by atoms with E-state index in [9.17, 15) is 0 Å². The molecule has 0 amide bonds. The van der Waals surface area contributed by atoms with Crippen LogP contribution in [0.15, 0.2) is 22.8 Å². The average molecular weight is 153 g/mol. The highest BCUT2D eigenvalue weighted by molar-refractivity contribution is 5.42. The Kier molecular flexibility index (Phi) is 6.59. The van der Waals surface area contributed by atoms with E-state index in [0.717, 1.165) is 19.5 Å². The van der Waals surface area contributed by atoms with Gasteiger partial charge in [-0.05, 0) is 27.1 Å². The molecule has 62 valence electrons. The Bertz CT molecular complexity index is 155. The lowest BCUT2D eigenvalue weighted by atomic mass is 10.4. The van der Waals surface area contributed by atoms with Crippen LogP contribution in [0.3, 0.4) is 0 Å². The predicted octanol–water partition coefficient (Wildman–Crippen LogP) is 1.26. The molecule has 0 radical (unpaired) electrons. The predicted molar refractivity (Wildman–Crippen MR) is 48.1 cm³/mol. The van der Waals surface area contributed by atoms with Gasteiger partial charge in [-0.15, -0.1) is 0 Å². The molecular weight excluding hydrogens is 138 g/mol. The quantitative estimate of drug-likeness (QED) is 0.431. The lowest BCUT2D eigenvalue weighted by Crippen LogP contribution is -2.13. The van der Waals surface area contributed by atoms with Gasteiger partial charge in [0.25, 0.3) is 0 Å². The van der Waals surface area contributed by atoms with Gasteiger partial charge in [-0.25, -0.2) is 4.99 Å². The summed E-state index contributed by atoms with van der Waals surface area (Å²) in [6.07, 6.45) is 2.47. The van der Waals surface area contributed by atoms with Crippen LogP contribution in [0.5, 0.6) is 0 Å². The number of rotatable bonds is 5. The molecule has 11 heavy (non-hydrogen) atoms. The Balaban J connectivity index is 3.27. The summed E-state index contributed by atoms with van der Waals surface area (Å²) < 4.78 is 0. The highest BCUT2D eigenvalue weighted by atomic mass is 15.0. The van der Waals surface area contributed by atoms with Gasteiger partial charge in [-0.1, -0.05) is 6.58 Å². The monoisotopic (exact) mass is 153 g/mol. The summed E-state index contributed by atoms with van der Waals surface area (Å²) in [5, 5.41) is 0. The normalized spacial score (nSPS) is 9.00. The van der Waals surface area contributed by atoms with Crippen LogP contribution in [0.1, 0.15) is 6.42 Å². The first kappa shape index (κ1) is 10.1. The minimum absolute atomic E-state index is 0.787. The molecular formula is C8H15N3. The topological polar surface area (TPSA) is 28.0 Å². The molecule has 0 unspecified atom stereocenters. The molecule has 0 rings (SSSR count). The van der Waals surface area contributed by atoms with Crippen molar-refractivity contribution >= 4 is 6.01 Å². The highest BCUT2D eigenvalue weighted by Gasteiger charge is 1.86. The highest BCUT2D eigenvalue weighted by Crippen LogP contribution is 1.82. The fourth-order valence-electron chi connectivity index (χ4n) is 0.598. The molecule has 3 nitrogen and oxygen atoms in total. The van der Waals surface area contributed by atoms with Crippen molar-refractivity contribution < 1.29 is 0 Å². The second kappa shape index (κ2) is 7.19. The van der Waals surface area contributed by atoms with Crippen LogP contribution >= 0.6 is 0 Å². The van der Waals surface area contributed by atoms with Crippen LogP contribution in [0.4, 0.5) is 0 Å². The molecule has 0 N–H and O–H groups in total. The van der Waals surface area contributed by atoms with Gasteiger partial charge in [-0.2, -0.15) is 4.99 Å². The van der Waals surface area contributed by atoms with Gasteiger partial charge in [-0.3, -0.25) is 0 Å². The third-order valence-corrected chi connectivity index (χ3v) is 1.09. The summed E-state index contributed by atoms with van der Waals surface area (Å²) in [6, 6.07) is 2.52. The molecule has 0 saturated carbocycles. The molecule has 0 fully saturated rings. The van der Waals surface area contributed by atoms with Crippen molar-refractivity contribution in [3.05, 3.63) is 12.8 Å². The zero-order chi connectivity index (χ0) is 8.53. The van der Waals surface area contributed by atoms with E-state index in [0.29, 0.717) is 0 Å². The molecule has 0 aliphatic carbocycles. The maximum atomic E-state index is 3.92. The Hall–Kier alpha value is -0.920. The lowest BCUT2D eigenvalue weighted by molar-refractivity contribution is 0.403. The minimum Gasteiger partial charge on any atom is -0.309 e. The van der Waals surface area contributed by atoms with Gasteiger partial charge in [0.1, 0.15) is 0 Å². The summed E-state index contributed by atoms with van der Waals surface area (Å²) in [6.45, 7) is 5.25.